The number of benzene rings is 3. The Labute approximate surface area is 176 Å². The van der Waals surface area contributed by atoms with Gasteiger partial charge in [-0.05, 0) is 76.6 Å². The minimum atomic E-state index is 0.500. The van der Waals surface area contributed by atoms with Gasteiger partial charge in [-0.1, -0.05) is 99.5 Å². The standard InChI is InChI=1S/C29H32/c1-18(2)24-15-25-17-27(22-11-7-20(5)8-12-22)28(23-13-9-21(6)10-14-23)29(25)26(16-24)19(3)4/h7-16,18-19H,17H2,1-6H3. The van der Waals surface area contributed by atoms with Gasteiger partial charge in [0, 0.05) is 0 Å². The molecule has 0 radical (unpaired) electrons. The highest BCUT2D eigenvalue weighted by atomic mass is 14.3. The SMILES string of the molecule is Cc1ccc(C2=C(c3ccc(C)cc3)c3c(cc(C(C)C)cc3C(C)C)C2)cc1. The predicted octanol–water partition coefficient (Wildman–Crippen LogP) is 8.07. The van der Waals surface area contributed by atoms with Gasteiger partial charge in [0.05, 0.1) is 0 Å². The zero-order valence-corrected chi connectivity index (χ0v) is 18.6. The highest BCUT2D eigenvalue weighted by molar-refractivity contribution is 6.04. The van der Waals surface area contributed by atoms with E-state index in [1.54, 1.807) is 0 Å². The number of hydrogen-bond donors (Lipinski definition) is 0. The third-order valence-corrected chi connectivity index (χ3v) is 6.22. The molecule has 0 spiro atoms. The lowest BCUT2D eigenvalue weighted by Gasteiger charge is -2.19. The second-order valence-electron chi connectivity index (χ2n) is 9.22. The quantitative estimate of drug-likeness (QED) is 0.429. The molecular formula is C29H32. The number of fused-ring (bicyclic) bond motifs is 1. The Hall–Kier alpha value is -2.60. The van der Waals surface area contributed by atoms with Crippen LogP contribution in [0.25, 0.3) is 11.1 Å². The second-order valence-corrected chi connectivity index (χ2v) is 9.22. The molecule has 0 saturated carbocycles. The van der Waals surface area contributed by atoms with Gasteiger partial charge >= 0.3 is 0 Å². The third kappa shape index (κ3) is 3.69. The molecule has 0 amide bonds. The molecular weight excluding hydrogens is 348 g/mol. The van der Waals surface area contributed by atoms with E-state index in [2.05, 4.69) is 102 Å². The van der Waals surface area contributed by atoms with E-state index in [-0.39, 0.29) is 0 Å². The lowest BCUT2D eigenvalue weighted by Crippen LogP contribution is -2.01. The van der Waals surface area contributed by atoms with Crippen LogP contribution in [-0.4, -0.2) is 0 Å². The summed E-state index contributed by atoms with van der Waals surface area (Å²) in [5, 5.41) is 0. The van der Waals surface area contributed by atoms with Gasteiger partial charge in [0.15, 0.2) is 0 Å². The van der Waals surface area contributed by atoms with Crippen LogP contribution in [0.4, 0.5) is 0 Å². The minimum absolute atomic E-state index is 0.500. The molecule has 0 N–H and O–H groups in total. The van der Waals surface area contributed by atoms with E-state index in [1.807, 2.05) is 0 Å². The zero-order chi connectivity index (χ0) is 20.7. The fourth-order valence-electron chi connectivity index (χ4n) is 4.45. The third-order valence-electron chi connectivity index (χ3n) is 6.22. The molecule has 1 aliphatic carbocycles. The van der Waals surface area contributed by atoms with Crippen LogP contribution in [0.1, 0.15) is 84.0 Å². The van der Waals surface area contributed by atoms with Crippen molar-refractivity contribution in [3.8, 4) is 0 Å². The molecule has 0 fully saturated rings. The Morgan fingerprint density at radius 2 is 1.21 bits per heavy atom. The topological polar surface area (TPSA) is 0 Å². The lowest BCUT2D eigenvalue weighted by molar-refractivity contribution is 0.828. The van der Waals surface area contributed by atoms with Gasteiger partial charge in [-0.2, -0.15) is 0 Å². The van der Waals surface area contributed by atoms with Crippen molar-refractivity contribution in [1.29, 1.82) is 0 Å². The van der Waals surface area contributed by atoms with Crippen molar-refractivity contribution in [3.05, 3.63) is 105 Å². The van der Waals surface area contributed by atoms with E-state index in [0.717, 1.165) is 6.42 Å². The zero-order valence-electron chi connectivity index (χ0n) is 18.6. The average molecular weight is 381 g/mol. The summed E-state index contributed by atoms with van der Waals surface area (Å²) in [6.45, 7) is 13.6. The highest BCUT2D eigenvalue weighted by Gasteiger charge is 2.28. The van der Waals surface area contributed by atoms with Gasteiger partial charge in [0.1, 0.15) is 0 Å². The maximum Gasteiger partial charge on any atom is -0.000707 e. The summed E-state index contributed by atoms with van der Waals surface area (Å²) in [6.07, 6.45) is 1.02. The van der Waals surface area contributed by atoms with E-state index < -0.39 is 0 Å². The van der Waals surface area contributed by atoms with Crippen molar-refractivity contribution < 1.29 is 0 Å². The van der Waals surface area contributed by atoms with Crippen LogP contribution < -0.4 is 0 Å². The normalized spacial score (nSPS) is 13.5. The summed E-state index contributed by atoms with van der Waals surface area (Å²) in [6, 6.07) is 23.1. The van der Waals surface area contributed by atoms with Crippen molar-refractivity contribution >= 4 is 11.1 Å². The maximum atomic E-state index is 2.46. The van der Waals surface area contributed by atoms with E-state index >= 15 is 0 Å². The maximum absolute atomic E-state index is 2.46. The summed E-state index contributed by atoms with van der Waals surface area (Å²) in [7, 11) is 0. The molecule has 0 heterocycles. The van der Waals surface area contributed by atoms with Crippen LogP contribution in [0.2, 0.25) is 0 Å². The van der Waals surface area contributed by atoms with Crippen molar-refractivity contribution in [2.24, 2.45) is 0 Å². The summed E-state index contributed by atoms with van der Waals surface area (Å²) >= 11 is 0. The molecule has 0 heteroatoms. The van der Waals surface area contributed by atoms with Gasteiger partial charge in [-0.3, -0.25) is 0 Å². The summed E-state index contributed by atoms with van der Waals surface area (Å²) < 4.78 is 0. The molecule has 3 aromatic rings. The second kappa shape index (κ2) is 7.67. The Morgan fingerprint density at radius 1 is 0.655 bits per heavy atom. The van der Waals surface area contributed by atoms with E-state index in [4.69, 9.17) is 0 Å². The predicted molar refractivity (Wildman–Crippen MR) is 127 cm³/mol. The molecule has 0 aliphatic heterocycles. The molecule has 4 rings (SSSR count). The van der Waals surface area contributed by atoms with Crippen LogP contribution in [0, 0.1) is 13.8 Å². The first-order valence-electron chi connectivity index (χ1n) is 10.9. The number of rotatable bonds is 4. The van der Waals surface area contributed by atoms with Gasteiger partial charge in [-0.15, -0.1) is 0 Å². The van der Waals surface area contributed by atoms with Gasteiger partial charge < -0.3 is 0 Å². The number of aryl methyl sites for hydroxylation is 2. The van der Waals surface area contributed by atoms with Crippen molar-refractivity contribution in [3.63, 3.8) is 0 Å². The fraction of sp³-hybridized carbons (Fsp3) is 0.310. The first-order valence-corrected chi connectivity index (χ1v) is 10.9. The smallest absolute Gasteiger partial charge is 0.000707 e. The minimum Gasteiger partial charge on any atom is -0.0587 e. The molecule has 3 aromatic carbocycles. The summed E-state index contributed by atoms with van der Waals surface area (Å²) in [5.74, 6) is 1.05. The van der Waals surface area contributed by atoms with Gasteiger partial charge in [0.25, 0.3) is 0 Å². The Balaban J connectivity index is 2.00. The number of hydrogen-bond acceptors (Lipinski definition) is 0. The first kappa shape index (κ1) is 19.7. The van der Waals surface area contributed by atoms with Crippen LogP contribution in [0.15, 0.2) is 60.7 Å². The molecule has 0 atom stereocenters. The molecule has 0 unspecified atom stereocenters. The average Bonchev–Trinajstić information content (AvgIpc) is 3.07. The fourth-order valence-corrected chi connectivity index (χ4v) is 4.45. The Bertz CT molecular complexity index is 1060. The Kier molecular flexibility index (Phi) is 5.21. The molecule has 0 aromatic heterocycles. The van der Waals surface area contributed by atoms with E-state index in [9.17, 15) is 0 Å². The highest BCUT2D eigenvalue weighted by Crippen LogP contribution is 2.46. The van der Waals surface area contributed by atoms with Crippen LogP contribution in [0.5, 0.6) is 0 Å². The number of allylic oxidation sites excluding steroid dienone is 1. The summed E-state index contributed by atoms with van der Waals surface area (Å²) in [5.41, 5.74) is 14.1. The molecule has 0 nitrogen and oxygen atoms in total. The lowest BCUT2D eigenvalue weighted by atomic mass is 9.85. The van der Waals surface area contributed by atoms with Crippen LogP contribution >= 0.6 is 0 Å². The Morgan fingerprint density at radius 3 is 1.72 bits per heavy atom. The monoisotopic (exact) mass is 380 g/mol. The molecule has 0 bridgehead atoms. The van der Waals surface area contributed by atoms with Gasteiger partial charge in [-0.25, -0.2) is 0 Å². The largest absolute Gasteiger partial charge is 0.0587 e. The van der Waals surface area contributed by atoms with Gasteiger partial charge in [0.2, 0.25) is 0 Å². The molecule has 1 aliphatic rings. The molecule has 0 saturated heterocycles. The van der Waals surface area contributed by atoms with E-state index in [0.29, 0.717) is 11.8 Å². The molecule has 29 heavy (non-hydrogen) atoms. The first-order chi connectivity index (χ1) is 13.8. The van der Waals surface area contributed by atoms with Crippen molar-refractivity contribution in [1.82, 2.24) is 0 Å². The van der Waals surface area contributed by atoms with Crippen LogP contribution in [-0.2, 0) is 6.42 Å². The summed E-state index contributed by atoms with van der Waals surface area (Å²) in [4.78, 5) is 0. The van der Waals surface area contributed by atoms with E-state index in [1.165, 1.54) is 55.7 Å². The van der Waals surface area contributed by atoms with Crippen LogP contribution in [0.3, 0.4) is 0 Å². The van der Waals surface area contributed by atoms with Crippen molar-refractivity contribution in [2.45, 2.75) is 59.8 Å². The molecule has 148 valence electrons. The van der Waals surface area contributed by atoms with Crippen molar-refractivity contribution in [2.75, 3.05) is 0 Å².